The van der Waals surface area contributed by atoms with Crippen LogP contribution >= 0.6 is 0 Å². The molecule has 4 rings (SSSR count). The van der Waals surface area contributed by atoms with Gasteiger partial charge in [0.05, 0.1) is 19.1 Å². The molecule has 6 heteroatoms. The van der Waals surface area contributed by atoms with E-state index < -0.39 is 5.60 Å². The Balaban J connectivity index is 1.58. The van der Waals surface area contributed by atoms with Crippen LogP contribution in [0.2, 0.25) is 0 Å². The minimum absolute atomic E-state index is 0.119. The first-order valence-electron chi connectivity index (χ1n) is 9.86. The summed E-state index contributed by atoms with van der Waals surface area (Å²) < 4.78 is 19.2. The van der Waals surface area contributed by atoms with Crippen molar-refractivity contribution < 1.29 is 19.0 Å². The number of halogens is 1. The molecule has 0 saturated carbocycles. The number of nitrogens with one attached hydrogen (secondary N) is 1. The lowest BCUT2D eigenvalue weighted by molar-refractivity contribution is -0.136. The summed E-state index contributed by atoms with van der Waals surface area (Å²) in [5.41, 5.74) is 1.45. The molecule has 2 aromatic carbocycles. The Morgan fingerprint density at radius 1 is 1.31 bits per heavy atom. The first-order chi connectivity index (χ1) is 13.9. The lowest BCUT2D eigenvalue weighted by Gasteiger charge is -2.33. The summed E-state index contributed by atoms with van der Waals surface area (Å²) in [5.74, 6) is -0.454. The van der Waals surface area contributed by atoms with E-state index >= 15 is 0 Å². The van der Waals surface area contributed by atoms with Crippen molar-refractivity contribution in [2.45, 2.75) is 38.0 Å². The van der Waals surface area contributed by atoms with Crippen molar-refractivity contribution in [2.75, 3.05) is 13.2 Å². The number of benzene rings is 2. The summed E-state index contributed by atoms with van der Waals surface area (Å²) >= 11 is 0. The largest absolute Gasteiger partial charge is 0.385 e. The van der Waals surface area contributed by atoms with Crippen molar-refractivity contribution in [3.05, 3.63) is 71.7 Å². The van der Waals surface area contributed by atoms with Crippen LogP contribution in [0.4, 0.5) is 4.39 Å². The maximum Gasteiger partial charge on any atom is 0.227 e. The van der Waals surface area contributed by atoms with Crippen LogP contribution in [0.25, 0.3) is 10.9 Å². The summed E-state index contributed by atoms with van der Waals surface area (Å²) in [7, 11) is 0. The fraction of sp³-hybridized carbons (Fsp3) is 0.348. The van der Waals surface area contributed by atoms with Crippen LogP contribution in [0.1, 0.15) is 24.5 Å². The van der Waals surface area contributed by atoms with Gasteiger partial charge < -0.3 is 19.7 Å². The van der Waals surface area contributed by atoms with Crippen LogP contribution in [0.3, 0.4) is 0 Å². The molecule has 0 bridgehead atoms. The SMILES string of the molecule is C[C@H]1OCC[C@]1(O)CN(Cc1ccccc1)C(=O)Cc1c[nH]c2ccc(F)cc12. The number of ether oxygens (including phenoxy) is 1. The molecule has 0 radical (unpaired) electrons. The first-order valence-corrected chi connectivity index (χ1v) is 9.86. The van der Waals surface area contributed by atoms with Gasteiger partial charge in [-0.25, -0.2) is 4.39 Å². The highest BCUT2D eigenvalue weighted by Gasteiger charge is 2.41. The van der Waals surface area contributed by atoms with Crippen molar-refractivity contribution in [2.24, 2.45) is 0 Å². The maximum absolute atomic E-state index is 13.7. The normalized spacial score (nSPS) is 21.6. The maximum atomic E-state index is 13.7. The van der Waals surface area contributed by atoms with Gasteiger partial charge in [-0.1, -0.05) is 30.3 Å². The third-order valence-electron chi connectivity index (χ3n) is 5.76. The molecule has 1 aliphatic heterocycles. The predicted octanol–water partition coefficient (Wildman–Crippen LogP) is 3.42. The highest BCUT2D eigenvalue weighted by atomic mass is 19.1. The van der Waals surface area contributed by atoms with E-state index in [1.165, 1.54) is 12.1 Å². The molecule has 29 heavy (non-hydrogen) atoms. The number of hydrogen-bond acceptors (Lipinski definition) is 3. The first kappa shape index (κ1) is 19.6. The lowest BCUT2D eigenvalue weighted by atomic mass is 9.95. The Morgan fingerprint density at radius 2 is 2.10 bits per heavy atom. The van der Waals surface area contributed by atoms with Crippen molar-refractivity contribution in [1.29, 1.82) is 0 Å². The number of aliphatic hydroxyl groups is 1. The molecule has 1 fully saturated rings. The van der Waals surface area contributed by atoms with Crippen molar-refractivity contribution in [1.82, 2.24) is 9.88 Å². The molecule has 1 amide bonds. The second-order valence-corrected chi connectivity index (χ2v) is 7.78. The van der Waals surface area contributed by atoms with Crippen LogP contribution in [0.15, 0.2) is 54.7 Å². The molecule has 152 valence electrons. The smallest absolute Gasteiger partial charge is 0.227 e. The highest BCUT2D eigenvalue weighted by Crippen LogP contribution is 2.28. The third kappa shape index (κ3) is 4.18. The van der Waals surface area contributed by atoms with E-state index in [1.807, 2.05) is 37.3 Å². The van der Waals surface area contributed by atoms with E-state index in [-0.39, 0.29) is 30.8 Å². The molecule has 2 heterocycles. The van der Waals surface area contributed by atoms with Crippen molar-refractivity contribution in [3.8, 4) is 0 Å². The van der Waals surface area contributed by atoms with Gasteiger partial charge in [0.2, 0.25) is 5.91 Å². The van der Waals surface area contributed by atoms with Gasteiger partial charge in [0.25, 0.3) is 0 Å². The number of fused-ring (bicyclic) bond motifs is 1. The van der Waals surface area contributed by atoms with Crippen LogP contribution in [0.5, 0.6) is 0 Å². The summed E-state index contributed by atoms with van der Waals surface area (Å²) in [6, 6.07) is 14.2. The number of nitrogens with zero attached hydrogens (tertiary/aromatic N) is 1. The Labute approximate surface area is 169 Å². The number of hydrogen-bond donors (Lipinski definition) is 2. The Morgan fingerprint density at radius 3 is 2.83 bits per heavy atom. The summed E-state index contributed by atoms with van der Waals surface area (Å²) in [5, 5.41) is 11.7. The Bertz CT molecular complexity index is 1000. The van der Waals surface area contributed by atoms with Gasteiger partial charge in [-0.05, 0) is 36.2 Å². The van der Waals surface area contributed by atoms with E-state index in [0.717, 1.165) is 16.6 Å². The molecule has 1 aliphatic rings. The summed E-state index contributed by atoms with van der Waals surface area (Å²) in [4.78, 5) is 18.0. The molecular weight excluding hydrogens is 371 g/mol. The molecular formula is C23H25FN2O3. The van der Waals surface area contributed by atoms with Gasteiger partial charge in [0, 0.05) is 36.7 Å². The van der Waals surface area contributed by atoms with E-state index in [9.17, 15) is 14.3 Å². The standard InChI is InChI=1S/C23H25FN2O3/c1-16-23(28,9-10-29-16)15-26(14-17-5-3-2-4-6-17)22(27)11-18-13-25-21-8-7-19(24)12-20(18)21/h2-8,12-13,16,25,28H,9-11,14-15H2,1H3/t16-,23+/m1/s1. The van der Waals surface area contributed by atoms with Gasteiger partial charge in [-0.15, -0.1) is 0 Å². The second kappa shape index (κ2) is 7.97. The molecule has 5 nitrogen and oxygen atoms in total. The van der Waals surface area contributed by atoms with Crippen LogP contribution in [0, 0.1) is 5.82 Å². The van der Waals surface area contributed by atoms with Crippen molar-refractivity contribution in [3.63, 3.8) is 0 Å². The van der Waals surface area contributed by atoms with Gasteiger partial charge in [-0.2, -0.15) is 0 Å². The number of carbonyl (C=O) groups excluding carboxylic acids is 1. The number of H-pyrrole nitrogens is 1. The minimum atomic E-state index is -1.07. The van der Waals surface area contributed by atoms with E-state index in [1.54, 1.807) is 17.2 Å². The number of amides is 1. The van der Waals surface area contributed by atoms with Gasteiger partial charge in [0.15, 0.2) is 0 Å². The lowest BCUT2D eigenvalue weighted by Crippen LogP contribution is -2.49. The molecule has 0 aliphatic carbocycles. The summed E-state index contributed by atoms with van der Waals surface area (Å²) in [6.07, 6.45) is 2.03. The van der Waals surface area contributed by atoms with Gasteiger partial charge in [0.1, 0.15) is 11.4 Å². The molecule has 3 aromatic rings. The van der Waals surface area contributed by atoms with Crippen LogP contribution < -0.4 is 0 Å². The molecule has 0 unspecified atom stereocenters. The fourth-order valence-corrected chi connectivity index (χ4v) is 3.92. The van der Waals surface area contributed by atoms with E-state index in [2.05, 4.69) is 4.98 Å². The molecule has 2 atom stereocenters. The zero-order valence-corrected chi connectivity index (χ0v) is 16.4. The fourth-order valence-electron chi connectivity index (χ4n) is 3.92. The van der Waals surface area contributed by atoms with Crippen LogP contribution in [-0.4, -0.2) is 45.8 Å². The monoisotopic (exact) mass is 396 g/mol. The number of carbonyl (C=O) groups is 1. The molecule has 2 N–H and O–H groups in total. The quantitative estimate of drug-likeness (QED) is 0.671. The topological polar surface area (TPSA) is 65.6 Å². The van der Waals surface area contributed by atoms with E-state index in [4.69, 9.17) is 4.74 Å². The minimum Gasteiger partial charge on any atom is -0.385 e. The van der Waals surface area contributed by atoms with Crippen LogP contribution in [-0.2, 0) is 22.5 Å². The van der Waals surface area contributed by atoms with Gasteiger partial charge >= 0.3 is 0 Å². The third-order valence-corrected chi connectivity index (χ3v) is 5.76. The average molecular weight is 396 g/mol. The number of aromatic amines is 1. The molecule has 1 saturated heterocycles. The average Bonchev–Trinajstić information content (AvgIpc) is 3.25. The zero-order valence-electron chi connectivity index (χ0n) is 16.4. The number of aromatic nitrogens is 1. The van der Waals surface area contributed by atoms with Crippen molar-refractivity contribution >= 4 is 16.8 Å². The Hall–Kier alpha value is -2.70. The predicted molar refractivity (Wildman–Crippen MR) is 109 cm³/mol. The molecule has 1 aromatic heterocycles. The summed E-state index contributed by atoms with van der Waals surface area (Å²) in [6.45, 7) is 2.90. The Kier molecular flexibility index (Phi) is 5.39. The molecule has 0 spiro atoms. The highest BCUT2D eigenvalue weighted by molar-refractivity contribution is 5.89. The van der Waals surface area contributed by atoms with E-state index in [0.29, 0.717) is 25.0 Å². The number of rotatable bonds is 6. The van der Waals surface area contributed by atoms with Gasteiger partial charge in [-0.3, -0.25) is 4.79 Å². The zero-order chi connectivity index (χ0) is 20.4. The second-order valence-electron chi connectivity index (χ2n) is 7.78.